The number of piperidine rings is 1. The number of benzene rings is 1. The first kappa shape index (κ1) is 21.6. The molecule has 1 saturated heterocycles. The van der Waals surface area contributed by atoms with Crippen LogP contribution in [0.15, 0.2) is 30.6 Å². The van der Waals surface area contributed by atoms with Crippen LogP contribution in [0.25, 0.3) is 0 Å². The van der Waals surface area contributed by atoms with E-state index in [1.165, 1.54) is 25.0 Å². The van der Waals surface area contributed by atoms with Crippen molar-refractivity contribution in [3.05, 3.63) is 65.1 Å². The SMILES string of the molecule is Cc1cc(N2C[C@H]3CC[C@@H](C2)C3Cc2nc3n(n2)CCCO[C@@H]3c2ccc(F)cc2F)ncn1. The van der Waals surface area contributed by atoms with Gasteiger partial charge in [-0.05, 0) is 50.0 Å². The quantitative estimate of drug-likeness (QED) is 0.582. The van der Waals surface area contributed by atoms with Crippen LogP contribution in [-0.2, 0) is 17.7 Å². The van der Waals surface area contributed by atoms with Gasteiger partial charge >= 0.3 is 0 Å². The second-order valence-electron chi connectivity index (χ2n) is 9.77. The molecule has 0 spiro atoms. The highest BCUT2D eigenvalue weighted by Crippen LogP contribution is 2.44. The molecule has 2 fully saturated rings. The minimum absolute atomic E-state index is 0.303. The monoisotopic (exact) mass is 466 g/mol. The van der Waals surface area contributed by atoms with Crippen molar-refractivity contribution in [3.63, 3.8) is 0 Å². The topological polar surface area (TPSA) is 69.0 Å². The van der Waals surface area contributed by atoms with Crippen molar-refractivity contribution >= 4 is 5.82 Å². The third-order valence-corrected chi connectivity index (χ3v) is 7.58. The fraction of sp³-hybridized carbons (Fsp3) is 0.520. The van der Waals surface area contributed by atoms with Crippen LogP contribution in [-0.4, -0.2) is 44.4 Å². The van der Waals surface area contributed by atoms with Crippen LogP contribution >= 0.6 is 0 Å². The summed E-state index contributed by atoms with van der Waals surface area (Å²) in [7, 11) is 0. The number of hydrogen-bond donors (Lipinski definition) is 0. The van der Waals surface area contributed by atoms with Crippen LogP contribution in [0.4, 0.5) is 14.6 Å². The average molecular weight is 467 g/mol. The Labute approximate surface area is 197 Å². The maximum absolute atomic E-state index is 14.6. The van der Waals surface area contributed by atoms with Crippen molar-refractivity contribution in [2.24, 2.45) is 17.8 Å². The van der Waals surface area contributed by atoms with E-state index in [1.54, 1.807) is 6.33 Å². The minimum atomic E-state index is -0.677. The molecule has 2 bridgehead atoms. The first-order valence-corrected chi connectivity index (χ1v) is 12.1. The predicted molar refractivity (Wildman–Crippen MR) is 121 cm³/mol. The molecule has 4 atom stereocenters. The van der Waals surface area contributed by atoms with Gasteiger partial charge < -0.3 is 9.64 Å². The Morgan fingerprint density at radius 2 is 1.91 bits per heavy atom. The summed E-state index contributed by atoms with van der Waals surface area (Å²) in [4.78, 5) is 16.0. The maximum atomic E-state index is 14.6. The maximum Gasteiger partial charge on any atom is 0.161 e. The zero-order valence-corrected chi connectivity index (χ0v) is 19.2. The van der Waals surface area contributed by atoms with Crippen LogP contribution in [0.2, 0.25) is 0 Å². The second-order valence-corrected chi connectivity index (χ2v) is 9.77. The van der Waals surface area contributed by atoms with E-state index in [9.17, 15) is 8.78 Å². The van der Waals surface area contributed by atoms with Crippen molar-refractivity contribution in [1.29, 1.82) is 0 Å². The normalized spacial score (nSPS) is 26.4. The van der Waals surface area contributed by atoms with Gasteiger partial charge in [0.1, 0.15) is 29.9 Å². The number of hydrogen-bond acceptors (Lipinski definition) is 6. The molecule has 178 valence electrons. The molecule has 3 aliphatic rings. The molecular weight excluding hydrogens is 438 g/mol. The van der Waals surface area contributed by atoms with Gasteiger partial charge in [0.25, 0.3) is 0 Å². The minimum Gasteiger partial charge on any atom is -0.365 e. The molecule has 2 aliphatic heterocycles. The lowest BCUT2D eigenvalue weighted by atomic mass is 9.82. The zero-order chi connectivity index (χ0) is 23.2. The van der Waals surface area contributed by atoms with Gasteiger partial charge in [-0.1, -0.05) is 6.07 Å². The smallest absolute Gasteiger partial charge is 0.161 e. The molecule has 34 heavy (non-hydrogen) atoms. The Bertz CT molecular complexity index is 1190. The molecule has 1 unspecified atom stereocenters. The van der Waals surface area contributed by atoms with Crippen molar-refractivity contribution in [1.82, 2.24) is 24.7 Å². The van der Waals surface area contributed by atoms with Crippen molar-refractivity contribution < 1.29 is 13.5 Å². The van der Waals surface area contributed by atoms with Crippen molar-refractivity contribution in [2.45, 2.75) is 45.3 Å². The molecule has 6 rings (SSSR count). The molecular formula is C25H28F2N6O. The molecule has 1 aromatic carbocycles. The third-order valence-electron chi connectivity index (χ3n) is 7.58. The summed E-state index contributed by atoms with van der Waals surface area (Å²) >= 11 is 0. The number of nitrogens with zero attached hydrogens (tertiary/aromatic N) is 6. The molecule has 0 N–H and O–H groups in total. The van der Waals surface area contributed by atoms with Crippen molar-refractivity contribution in [3.8, 4) is 0 Å². The number of halogens is 2. The Hall–Kier alpha value is -2.94. The van der Waals surface area contributed by atoms with Crippen LogP contribution in [0.5, 0.6) is 0 Å². The van der Waals surface area contributed by atoms with E-state index in [0.717, 1.165) is 49.3 Å². The summed E-state index contributed by atoms with van der Waals surface area (Å²) in [6.45, 7) is 5.12. The summed E-state index contributed by atoms with van der Waals surface area (Å²) in [6.07, 6.45) is 4.96. The molecule has 7 nitrogen and oxygen atoms in total. The van der Waals surface area contributed by atoms with Gasteiger partial charge in [-0.15, -0.1) is 0 Å². The van der Waals surface area contributed by atoms with Crippen molar-refractivity contribution in [2.75, 3.05) is 24.6 Å². The lowest BCUT2D eigenvalue weighted by Crippen LogP contribution is -2.43. The number of fused-ring (bicyclic) bond motifs is 3. The molecule has 0 amide bonds. The first-order chi connectivity index (χ1) is 16.5. The van der Waals surface area contributed by atoms with Crippen LogP contribution in [0.1, 0.15) is 48.3 Å². The lowest BCUT2D eigenvalue weighted by Gasteiger charge is -2.38. The number of aromatic nitrogens is 5. The van der Waals surface area contributed by atoms with Gasteiger partial charge in [0.05, 0.1) is 0 Å². The summed E-state index contributed by atoms with van der Waals surface area (Å²) in [5.74, 6) is 2.85. The second kappa shape index (κ2) is 8.69. The number of rotatable bonds is 4. The largest absolute Gasteiger partial charge is 0.365 e. The van der Waals surface area contributed by atoms with Gasteiger partial charge in [-0.25, -0.2) is 28.4 Å². The Kier molecular flexibility index (Phi) is 5.51. The van der Waals surface area contributed by atoms with E-state index < -0.39 is 17.7 Å². The fourth-order valence-electron chi connectivity index (χ4n) is 5.96. The Balaban J connectivity index is 1.23. The number of ether oxygens (including phenoxy) is 1. The van der Waals surface area contributed by atoms with E-state index >= 15 is 0 Å². The van der Waals surface area contributed by atoms with E-state index in [1.807, 2.05) is 11.6 Å². The highest BCUT2D eigenvalue weighted by atomic mass is 19.1. The van der Waals surface area contributed by atoms with Gasteiger partial charge in [-0.2, -0.15) is 5.10 Å². The summed E-state index contributed by atoms with van der Waals surface area (Å²) in [5, 5.41) is 4.81. The Morgan fingerprint density at radius 3 is 2.68 bits per heavy atom. The summed E-state index contributed by atoms with van der Waals surface area (Å²) in [5.41, 5.74) is 1.29. The summed E-state index contributed by atoms with van der Waals surface area (Å²) < 4.78 is 35.8. The summed E-state index contributed by atoms with van der Waals surface area (Å²) in [6, 6.07) is 5.67. The highest BCUT2D eigenvalue weighted by Gasteiger charge is 2.43. The molecule has 1 saturated carbocycles. The molecule has 2 aromatic heterocycles. The third kappa shape index (κ3) is 3.96. The molecule has 0 radical (unpaired) electrons. The molecule has 9 heteroatoms. The standard InChI is InChI=1S/C25H28F2N6O/c1-15-9-23(29-14-28-15)32-12-16-3-4-17(13-32)20(16)11-22-30-25-24(34-8-2-7-33(25)31-22)19-6-5-18(26)10-21(19)27/h5-6,9-10,14,16-17,20,24H,2-4,7-8,11-13H2,1H3/t16-,17+,20?,24-/m1/s1. The average Bonchev–Trinajstić information content (AvgIpc) is 3.22. The number of anilines is 1. The molecule has 4 heterocycles. The number of aryl methyl sites for hydroxylation is 2. The van der Waals surface area contributed by atoms with Crippen LogP contribution in [0, 0.1) is 36.3 Å². The fourth-order valence-corrected chi connectivity index (χ4v) is 5.96. The van der Waals surface area contributed by atoms with Crippen LogP contribution in [0.3, 0.4) is 0 Å². The first-order valence-electron chi connectivity index (χ1n) is 12.1. The van der Waals surface area contributed by atoms with Crippen LogP contribution < -0.4 is 4.90 Å². The van der Waals surface area contributed by atoms with Gasteiger partial charge in [-0.3, -0.25) is 0 Å². The van der Waals surface area contributed by atoms with E-state index in [4.69, 9.17) is 14.8 Å². The van der Waals surface area contributed by atoms with Gasteiger partial charge in [0, 0.05) is 56.1 Å². The van der Waals surface area contributed by atoms with Gasteiger partial charge in [0.15, 0.2) is 11.6 Å². The zero-order valence-electron chi connectivity index (χ0n) is 19.2. The molecule has 1 aliphatic carbocycles. The lowest BCUT2D eigenvalue weighted by molar-refractivity contribution is 0.0785. The Morgan fingerprint density at radius 1 is 1.09 bits per heavy atom. The van der Waals surface area contributed by atoms with E-state index in [2.05, 4.69) is 20.9 Å². The van der Waals surface area contributed by atoms with E-state index in [-0.39, 0.29) is 0 Å². The molecule has 3 aromatic rings. The predicted octanol–water partition coefficient (Wildman–Crippen LogP) is 3.87. The van der Waals surface area contributed by atoms with Gasteiger partial charge in [0.2, 0.25) is 0 Å². The highest BCUT2D eigenvalue weighted by molar-refractivity contribution is 5.40. The van der Waals surface area contributed by atoms with E-state index in [0.29, 0.717) is 42.3 Å².